The van der Waals surface area contributed by atoms with Crippen LogP contribution in [-0.2, 0) is 13.1 Å². The Morgan fingerprint density at radius 3 is 2.92 bits per heavy atom. The van der Waals surface area contributed by atoms with Crippen LogP contribution in [0.1, 0.15) is 20.9 Å². The van der Waals surface area contributed by atoms with Crippen molar-refractivity contribution in [2.45, 2.75) is 13.1 Å². The average molecular weight is 403 g/mol. The summed E-state index contributed by atoms with van der Waals surface area (Å²) in [4.78, 5) is 25.1. The Labute approximate surface area is 161 Å². The van der Waals surface area contributed by atoms with Gasteiger partial charge in [-0.15, -0.1) is 22.7 Å². The summed E-state index contributed by atoms with van der Waals surface area (Å²) >= 11 is 4.57. The molecule has 0 spiro atoms. The van der Waals surface area contributed by atoms with E-state index in [9.17, 15) is 9.90 Å². The van der Waals surface area contributed by atoms with Gasteiger partial charge in [0.2, 0.25) is 0 Å². The minimum Gasteiger partial charge on any atom is -0.477 e. The number of fused-ring (bicyclic) bond motifs is 2. The van der Waals surface area contributed by atoms with Gasteiger partial charge in [-0.05, 0) is 11.4 Å². The minimum atomic E-state index is -0.999. The number of carbonyl (C=O) groups is 1. The zero-order valence-corrected chi connectivity index (χ0v) is 16.0. The third-order valence-corrected chi connectivity index (χ3v) is 7.56. The molecule has 0 saturated heterocycles. The predicted molar refractivity (Wildman–Crippen MR) is 108 cm³/mol. The van der Waals surface area contributed by atoms with Crippen molar-refractivity contribution in [1.29, 1.82) is 0 Å². The number of aromatic nitrogens is 1. The summed E-state index contributed by atoms with van der Waals surface area (Å²) in [5.41, 5.74) is 9.74. The molecule has 3 aromatic heterocycles. The summed E-state index contributed by atoms with van der Waals surface area (Å²) < 4.78 is 0. The van der Waals surface area contributed by atoms with Gasteiger partial charge < -0.3 is 15.7 Å². The SMILES string of the molecule is Nc1c(C(=O)O)sc2nc3c(c(-c4cccs4)c12)CN(C1=NCCS1)C3. The topological polar surface area (TPSA) is 91.8 Å². The number of nitrogen functional groups attached to an aromatic ring is 1. The summed E-state index contributed by atoms with van der Waals surface area (Å²) in [6, 6.07) is 4.06. The first-order valence-electron chi connectivity index (χ1n) is 8.06. The predicted octanol–water partition coefficient (Wildman–Crippen LogP) is 3.72. The lowest BCUT2D eigenvalue weighted by atomic mass is 10.0. The maximum atomic E-state index is 11.5. The molecule has 5 rings (SSSR count). The van der Waals surface area contributed by atoms with Gasteiger partial charge in [-0.25, -0.2) is 9.78 Å². The highest BCUT2D eigenvalue weighted by atomic mass is 32.2. The average Bonchev–Trinajstić information content (AvgIpc) is 3.39. The van der Waals surface area contributed by atoms with E-state index in [-0.39, 0.29) is 4.88 Å². The number of aliphatic imine (C=N–C) groups is 1. The second kappa shape index (κ2) is 5.97. The van der Waals surface area contributed by atoms with Crippen molar-refractivity contribution >= 4 is 61.5 Å². The van der Waals surface area contributed by atoms with E-state index in [0.29, 0.717) is 17.1 Å². The van der Waals surface area contributed by atoms with Gasteiger partial charge in [-0.2, -0.15) is 0 Å². The molecule has 132 valence electrons. The molecule has 9 heteroatoms. The van der Waals surface area contributed by atoms with E-state index in [4.69, 9.17) is 10.7 Å². The zero-order chi connectivity index (χ0) is 17.8. The van der Waals surface area contributed by atoms with E-state index >= 15 is 0 Å². The first kappa shape index (κ1) is 16.1. The molecule has 3 N–H and O–H groups in total. The van der Waals surface area contributed by atoms with Gasteiger partial charge in [0.25, 0.3) is 0 Å². The standard InChI is InChI=1S/C17H14N4O2S3/c18-13-12-11(10-2-1-4-24-10)8-6-21(17-19-3-5-25-17)7-9(8)20-15(12)26-14(13)16(22)23/h1-2,4H,3,5-7,18H2,(H,22,23). The molecule has 6 nitrogen and oxygen atoms in total. The molecule has 2 aliphatic heterocycles. The van der Waals surface area contributed by atoms with Crippen LogP contribution in [0.2, 0.25) is 0 Å². The van der Waals surface area contributed by atoms with Crippen LogP contribution in [0.15, 0.2) is 22.5 Å². The summed E-state index contributed by atoms with van der Waals surface area (Å²) in [5, 5.41) is 13.3. The molecular weight excluding hydrogens is 388 g/mol. The van der Waals surface area contributed by atoms with Gasteiger partial charge in [0.05, 0.1) is 24.5 Å². The van der Waals surface area contributed by atoms with Crippen molar-refractivity contribution in [1.82, 2.24) is 9.88 Å². The molecular formula is C17H14N4O2S3. The Balaban J connectivity index is 1.75. The van der Waals surface area contributed by atoms with Crippen LogP contribution in [0.4, 0.5) is 5.69 Å². The molecule has 26 heavy (non-hydrogen) atoms. The lowest BCUT2D eigenvalue weighted by Gasteiger charge is -2.15. The molecule has 0 aromatic carbocycles. The summed E-state index contributed by atoms with van der Waals surface area (Å²) in [7, 11) is 0. The number of hydrogen-bond donors (Lipinski definition) is 2. The van der Waals surface area contributed by atoms with Crippen molar-refractivity contribution < 1.29 is 9.90 Å². The Morgan fingerprint density at radius 1 is 1.35 bits per heavy atom. The van der Waals surface area contributed by atoms with Crippen LogP contribution in [0.3, 0.4) is 0 Å². The number of thiophene rings is 2. The first-order chi connectivity index (χ1) is 12.6. The fourth-order valence-corrected chi connectivity index (χ4v) is 6.09. The number of carboxylic acid groups (broad SMARTS) is 1. The largest absolute Gasteiger partial charge is 0.477 e. The lowest BCUT2D eigenvalue weighted by molar-refractivity contribution is 0.0703. The number of nitrogens with two attached hydrogens (primary N) is 1. The van der Waals surface area contributed by atoms with E-state index in [1.54, 1.807) is 23.1 Å². The Bertz CT molecular complexity index is 1070. The van der Waals surface area contributed by atoms with Crippen LogP contribution >= 0.6 is 34.4 Å². The van der Waals surface area contributed by atoms with Gasteiger partial charge in [-0.1, -0.05) is 17.8 Å². The smallest absolute Gasteiger partial charge is 0.348 e. The second-order valence-electron chi connectivity index (χ2n) is 6.09. The van der Waals surface area contributed by atoms with Crippen molar-refractivity contribution in [2.24, 2.45) is 4.99 Å². The lowest BCUT2D eigenvalue weighted by Crippen LogP contribution is -2.21. The Hall–Kier alpha value is -2.10. The quantitative estimate of drug-likeness (QED) is 0.679. The molecule has 5 heterocycles. The summed E-state index contributed by atoms with van der Waals surface area (Å²) in [5.74, 6) is 0.0262. The van der Waals surface area contributed by atoms with Gasteiger partial charge in [0.15, 0.2) is 5.17 Å². The fourth-order valence-electron chi connectivity index (χ4n) is 3.47. The fraction of sp³-hybridized carbons (Fsp3) is 0.235. The summed E-state index contributed by atoms with van der Waals surface area (Å²) in [6.45, 7) is 2.30. The highest BCUT2D eigenvalue weighted by Crippen LogP contribution is 2.45. The number of hydrogen-bond acceptors (Lipinski definition) is 8. The molecule has 0 unspecified atom stereocenters. The molecule has 0 aliphatic carbocycles. The highest BCUT2D eigenvalue weighted by molar-refractivity contribution is 8.14. The normalized spacial score (nSPS) is 16.3. The van der Waals surface area contributed by atoms with Gasteiger partial charge in [0.1, 0.15) is 9.71 Å². The molecule has 0 bridgehead atoms. The molecule has 0 fully saturated rings. The van der Waals surface area contributed by atoms with Gasteiger partial charge in [-0.3, -0.25) is 4.99 Å². The molecule has 0 atom stereocenters. The van der Waals surface area contributed by atoms with Crippen molar-refractivity contribution in [3.8, 4) is 10.4 Å². The number of nitrogens with zero attached hydrogens (tertiary/aromatic N) is 3. The van der Waals surface area contributed by atoms with Crippen LogP contribution < -0.4 is 5.73 Å². The van der Waals surface area contributed by atoms with E-state index in [1.807, 2.05) is 11.4 Å². The van der Waals surface area contributed by atoms with E-state index < -0.39 is 5.97 Å². The monoisotopic (exact) mass is 402 g/mol. The molecule has 0 radical (unpaired) electrons. The molecule has 2 aliphatic rings. The van der Waals surface area contributed by atoms with E-state index in [2.05, 4.69) is 16.0 Å². The summed E-state index contributed by atoms with van der Waals surface area (Å²) in [6.07, 6.45) is 0. The van der Waals surface area contributed by atoms with Crippen LogP contribution in [0.5, 0.6) is 0 Å². The Morgan fingerprint density at radius 2 is 2.23 bits per heavy atom. The van der Waals surface area contributed by atoms with Crippen LogP contribution in [-0.4, -0.2) is 38.4 Å². The van der Waals surface area contributed by atoms with Crippen LogP contribution in [0, 0.1) is 0 Å². The third kappa shape index (κ3) is 2.34. The van der Waals surface area contributed by atoms with Crippen LogP contribution in [0.25, 0.3) is 20.7 Å². The zero-order valence-electron chi connectivity index (χ0n) is 13.6. The van der Waals surface area contributed by atoms with Gasteiger partial charge >= 0.3 is 5.97 Å². The third-order valence-electron chi connectivity index (χ3n) is 4.55. The van der Waals surface area contributed by atoms with Crippen molar-refractivity contribution in [2.75, 3.05) is 18.0 Å². The van der Waals surface area contributed by atoms with Gasteiger partial charge in [0, 0.05) is 33.7 Å². The number of carboxylic acids is 1. The molecule has 3 aromatic rings. The number of thioether (sulfide) groups is 1. The van der Waals surface area contributed by atoms with Crippen molar-refractivity contribution in [3.05, 3.63) is 33.6 Å². The maximum Gasteiger partial charge on any atom is 0.348 e. The van der Waals surface area contributed by atoms with E-state index in [0.717, 1.165) is 62.4 Å². The number of amidine groups is 1. The Kier molecular flexibility index (Phi) is 3.70. The number of anilines is 1. The molecule has 0 amide bonds. The molecule has 0 saturated carbocycles. The van der Waals surface area contributed by atoms with Crippen molar-refractivity contribution in [3.63, 3.8) is 0 Å². The number of pyridine rings is 1. The minimum absolute atomic E-state index is 0.168. The van der Waals surface area contributed by atoms with E-state index in [1.165, 1.54) is 0 Å². The number of aromatic carboxylic acids is 1. The number of rotatable bonds is 2. The maximum absolute atomic E-state index is 11.5. The second-order valence-corrected chi connectivity index (χ2v) is 9.10. The highest BCUT2D eigenvalue weighted by Gasteiger charge is 2.31. The first-order valence-corrected chi connectivity index (χ1v) is 10.7.